The molecular weight excluding hydrogens is 578 g/mol. The zero-order valence-electron chi connectivity index (χ0n) is 23.6. The minimum Gasteiger partial charge on any atom is -0.409 e. The van der Waals surface area contributed by atoms with Crippen LogP contribution in [0.25, 0.3) is 27.8 Å². The maximum atomic E-state index is 13.9. The molecule has 3 heterocycles. The second-order valence-corrected chi connectivity index (χ2v) is 11.1. The van der Waals surface area contributed by atoms with Gasteiger partial charge in [-0.15, -0.1) is 11.6 Å². The Bertz CT molecular complexity index is 2080. The number of benzene rings is 4. The van der Waals surface area contributed by atoms with E-state index >= 15 is 0 Å². The van der Waals surface area contributed by atoms with E-state index < -0.39 is 6.09 Å². The molecule has 44 heavy (non-hydrogen) atoms. The van der Waals surface area contributed by atoms with Crippen LogP contribution in [0.3, 0.4) is 0 Å². The van der Waals surface area contributed by atoms with Crippen molar-refractivity contribution < 1.29 is 19.1 Å². The van der Waals surface area contributed by atoms with E-state index in [1.165, 1.54) is 0 Å². The summed E-state index contributed by atoms with van der Waals surface area (Å²) in [6, 6.07) is 22.0. The van der Waals surface area contributed by atoms with Gasteiger partial charge in [0, 0.05) is 57.5 Å². The SMILES string of the molecule is C=Nc1ccccc1/C=C(\C)C(=O)Nc1ccc2[nH]c(C(=O)N3C[C@@H](CCl)c4c3cc3c5c(cccc45)NC(=O)O3)cc2c1. The Balaban J connectivity index is 1.18. The van der Waals surface area contributed by atoms with Crippen LogP contribution in [0.15, 0.2) is 83.4 Å². The second-order valence-electron chi connectivity index (χ2n) is 10.8. The second kappa shape index (κ2) is 10.7. The maximum absolute atomic E-state index is 13.9. The minimum atomic E-state index is -0.572. The molecule has 3 amide bonds. The highest BCUT2D eigenvalue weighted by Crippen LogP contribution is 2.49. The van der Waals surface area contributed by atoms with Crippen molar-refractivity contribution in [1.82, 2.24) is 4.98 Å². The van der Waals surface area contributed by atoms with Gasteiger partial charge in [-0.1, -0.05) is 30.3 Å². The fraction of sp³-hybridized carbons (Fsp3) is 0.118. The molecule has 2 aliphatic rings. The Hall–Kier alpha value is -5.41. The summed E-state index contributed by atoms with van der Waals surface area (Å²) >= 11 is 6.42. The summed E-state index contributed by atoms with van der Waals surface area (Å²) in [7, 11) is 0. The predicted molar refractivity (Wildman–Crippen MR) is 175 cm³/mol. The van der Waals surface area contributed by atoms with Crippen molar-refractivity contribution in [2.75, 3.05) is 28.0 Å². The Kier molecular flexibility index (Phi) is 6.67. The highest BCUT2D eigenvalue weighted by Gasteiger charge is 2.37. The lowest BCUT2D eigenvalue weighted by molar-refractivity contribution is -0.112. The molecule has 4 aromatic carbocycles. The Morgan fingerprint density at radius 2 is 1.98 bits per heavy atom. The molecule has 7 rings (SSSR count). The number of amides is 3. The molecule has 1 atom stereocenters. The number of nitrogens with zero attached hydrogens (tertiary/aromatic N) is 2. The Morgan fingerprint density at radius 3 is 2.80 bits per heavy atom. The standard InChI is InChI=1S/C34H26ClN5O4/c1-18(12-19-6-3-4-8-24(19)36-2)32(41)37-22-10-11-25-20(13-22)14-27(38-25)33(42)40-17-21(16-35)30-23-7-5-9-26-31(23)29(15-28(30)40)44-34(43)39-26/h3-15,21,38H,2,16-17H2,1H3,(H,37,41)(H,39,43)/b18-12+/t21-/m1/s1. The van der Waals surface area contributed by atoms with Crippen molar-refractivity contribution >= 4 is 86.7 Å². The third kappa shape index (κ3) is 4.58. The van der Waals surface area contributed by atoms with Gasteiger partial charge < -0.3 is 19.9 Å². The number of hydrogen-bond donors (Lipinski definition) is 3. The number of alkyl halides is 1. The zero-order chi connectivity index (χ0) is 30.5. The van der Waals surface area contributed by atoms with Gasteiger partial charge in [-0.3, -0.25) is 19.9 Å². The first-order chi connectivity index (χ1) is 21.3. The number of aromatic amines is 1. The van der Waals surface area contributed by atoms with Crippen LogP contribution in [-0.2, 0) is 4.79 Å². The number of nitrogens with one attached hydrogen (secondary N) is 3. The lowest BCUT2D eigenvalue weighted by Gasteiger charge is -2.22. The largest absolute Gasteiger partial charge is 0.417 e. The summed E-state index contributed by atoms with van der Waals surface area (Å²) in [5, 5.41) is 8.12. The molecule has 0 fully saturated rings. The number of aliphatic imine (C=N–C) groups is 1. The number of para-hydroxylation sites is 1. The monoisotopic (exact) mass is 603 g/mol. The first-order valence-corrected chi connectivity index (χ1v) is 14.5. The third-order valence-electron chi connectivity index (χ3n) is 8.06. The van der Waals surface area contributed by atoms with E-state index in [9.17, 15) is 14.4 Å². The molecule has 0 aliphatic carbocycles. The molecule has 0 saturated heterocycles. The molecule has 10 heteroatoms. The topological polar surface area (TPSA) is 116 Å². The van der Waals surface area contributed by atoms with Gasteiger partial charge in [-0.05, 0) is 67.1 Å². The number of anilines is 3. The molecule has 1 aromatic heterocycles. The van der Waals surface area contributed by atoms with Gasteiger partial charge in [-0.2, -0.15) is 0 Å². The number of ether oxygens (including phenoxy) is 1. The Labute approximate surface area is 257 Å². The fourth-order valence-corrected chi connectivity index (χ4v) is 6.26. The van der Waals surface area contributed by atoms with Gasteiger partial charge in [-0.25, -0.2) is 4.79 Å². The summed E-state index contributed by atoms with van der Waals surface area (Å²) in [6.07, 6.45) is 1.19. The number of carbonyl (C=O) groups is 3. The molecule has 9 nitrogen and oxygen atoms in total. The molecule has 0 unspecified atom stereocenters. The van der Waals surface area contributed by atoms with E-state index in [-0.39, 0.29) is 17.7 Å². The van der Waals surface area contributed by atoms with Gasteiger partial charge in [0.2, 0.25) is 0 Å². The number of aromatic nitrogens is 1. The first-order valence-electron chi connectivity index (χ1n) is 14.0. The van der Waals surface area contributed by atoms with E-state index in [0.717, 1.165) is 32.8 Å². The van der Waals surface area contributed by atoms with Crippen molar-refractivity contribution in [2.45, 2.75) is 12.8 Å². The van der Waals surface area contributed by atoms with Crippen LogP contribution in [0.4, 0.5) is 27.5 Å². The lowest BCUT2D eigenvalue weighted by Crippen LogP contribution is -2.30. The van der Waals surface area contributed by atoms with Gasteiger partial charge in [0.25, 0.3) is 11.8 Å². The van der Waals surface area contributed by atoms with Crippen molar-refractivity contribution in [3.63, 3.8) is 0 Å². The highest BCUT2D eigenvalue weighted by molar-refractivity contribution is 6.20. The van der Waals surface area contributed by atoms with E-state index in [0.29, 0.717) is 52.2 Å². The van der Waals surface area contributed by atoms with Crippen LogP contribution in [0.2, 0.25) is 0 Å². The van der Waals surface area contributed by atoms with Crippen molar-refractivity contribution in [2.24, 2.45) is 4.99 Å². The molecule has 0 radical (unpaired) electrons. The molecule has 2 aliphatic heterocycles. The summed E-state index contributed by atoms with van der Waals surface area (Å²) in [5.41, 5.74) is 6.00. The van der Waals surface area contributed by atoms with Gasteiger partial charge in [0.05, 0.1) is 17.1 Å². The number of rotatable bonds is 6. The predicted octanol–water partition coefficient (Wildman–Crippen LogP) is 7.60. The average molecular weight is 604 g/mol. The molecule has 0 saturated carbocycles. The zero-order valence-corrected chi connectivity index (χ0v) is 24.4. The Morgan fingerprint density at radius 1 is 1.14 bits per heavy atom. The van der Waals surface area contributed by atoms with E-state index in [1.54, 1.807) is 36.1 Å². The number of hydrogen-bond acceptors (Lipinski definition) is 5. The summed E-state index contributed by atoms with van der Waals surface area (Å²) < 4.78 is 5.51. The molecule has 5 aromatic rings. The minimum absolute atomic E-state index is 0.103. The third-order valence-corrected chi connectivity index (χ3v) is 8.44. The van der Waals surface area contributed by atoms with Crippen molar-refractivity contribution in [1.29, 1.82) is 0 Å². The van der Waals surface area contributed by atoms with E-state index in [1.807, 2.05) is 54.6 Å². The van der Waals surface area contributed by atoms with Crippen LogP contribution >= 0.6 is 11.6 Å². The van der Waals surface area contributed by atoms with Gasteiger partial charge in [0.15, 0.2) is 0 Å². The molecule has 0 spiro atoms. The van der Waals surface area contributed by atoms with Crippen LogP contribution in [-0.4, -0.2) is 42.0 Å². The molecule has 3 N–H and O–H groups in total. The number of carbonyl (C=O) groups excluding carboxylic acids is 3. The first kappa shape index (κ1) is 27.4. The van der Waals surface area contributed by atoms with Crippen molar-refractivity contribution in [3.05, 3.63) is 95.2 Å². The lowest BCUT2D eigenvalue weighted by atomic mass is 9.94. The molecule has 218 valence electrons. The quantitative estimate of drug-likeness (QED) is 0.105. The molecular formula is C34H26ClN5O4. The van der Waals surface area contributed by atoms with Crippen LogP contribution in [0.1, 0.15) is 34.5 Å². The number of H-pyrrole nitrogens is 1. The number of halogens is 1. The summed E-state index contributed by atoms with van der Waals surface area (Å²) in [6.45, 7) is 5.71. The maximum Gasteiger partial charge on any atom is 0.417 e. The van der Waals surface area contributed by atoms with Crippen LogP contribution in [0, 0.1) is 0 Å². The number of fused-ring (bicyclic) bond motifs is 3. The van der Waals surface area contributed by atoms with Gasteiger partial charge >= 0.3 is 6.09 Å². The highest BCUT2D eigenvalue weighted by atomic mass is 35.5. The van der Waals surface area contributed by atoms with Crippen LogP contribution < -0.4 is 20.3 Å². The smallest absolute Gasteiger partial charge is 0.409 e. The normalized spacial score (nSPS) is 15.6. The van der Waals surface area contributed by atoms with E-state index in [4.69, 9.17) is 16.3 Å². The average Bonchev–Trinajstić information content (AvgIpc) is 3.62. The van der Waals surface area contributed by atoms with E-state index in [2.05, 4.69) is 27.3 Å². The fourth-order valence-electron chi connectivity index (χ4n) is 6.01. The molecule has 0 bridgehead atoms. The summed E-state index contributed by atoms with van der Waals surface area (Å²) in [4.78, 5) is 48.0. The van der Waals surface area contributed by atoms with Crippen LogP contribution in [0.5, 0.6) is 5.75 Å². The van der Waals surface area contributed by atoms with Gasteiger partial charge in [0.1, 0.15) is 11.4 Å². The summed E-state index contributed by atoms with van der Waals surface area (Å²) in [5.74, 6) is 0.121. The van der Waals surface area contributed by atoms with Crippen molar-refractivity contribution in [3.8, 4) is 5.75 Å².